The highest BCUT2D eigenvalue weighted by Crippen LogP contribution is 2.22. The minimum absolute atomic E-state index is 0.774. The summed E-state index contributed by atoms with van der Waals surface area (Å²) in [5.74, 6) is 0. The number of nitrogens with two attached hydrogens (primary N) is 1. The van der Waals surface area contributed by atoms with Gasteiger partial charge in [-0.2, -0.15) is 0 Å². The Bertz CT molecular complexity index is 653. The lowest BCUT2D eigenvalue weighted by Crippen LogP contribution is -2.54. The van der Waals surface area contributed by atoms with E-state index in [-0.39, 0.29) is 0 Å². The van der Waals surface area contributed by atoms with Crippen molar-refractivity contribution >= 4 is 16.6 Å². The Kier molecular flexibility index (Phi) is 4.64. The van der Waals surface area contributed by atoms with E-state index in [4.69, 9.17) is 5.73 Å². The molecule has 23 heavy (non-hydrogen) atoms. The number of likely N-dealkylation sites (tertiary alicyclic amines) is 1. The molecule has 2 heterocycles. The molecule has 126 valence electrons. The smallest absolute Gasteiger partial charge is 0.101 e. The zero-order valence-electron chi connectivity index (χ0n) is 14.8. The van der Waals surface area contributed by atoms with Crippen molar-refractivity contribution in [2.45, 2.75) is 31.8 Å². The summed E-state index contributed by atoms with van der Waals surface area (Å²) in [6, 6.07) is 9.10. The van der Waals surface area contributed by atoms with Crippen molar-refractivity contribution in [1.82, 2.24) is 9.47 Å². The number of benzene rings is 1. The normalized spacial score (nSPS) is 20.2. The monoisotopic (exact) mass is 315 g/mol. The Morgan fingerprint density at radius 3 is 2.78 bits per heavy atom. The standard InChI is InChI=1S/C19H31N4/c1-23(2,3)16-7-5-11-21(15-16)12-6-13-22-14-10-17-18(20)8-4-9-19(17)22/h4,8-10,14,16H,5-7,11-13,15,20H2,1-3H3/q+1. The molecule has 0 aliphatic carbocycles. The molecular weight excluding hydrogens is 284 g/mol. The summed E-state index contributed by atoms with van der Waals surface area (Å²) in [4.78, 5) is 2.65. The van der Waals surface area contributed by atoms with Crippen LogP contribution in [0.5, 0.6) is 0 Å². The van der Waals surface area contributed by atoms with Crippen LogP contribution in [0.15, 0.2) is 30.5 Å². The van der Waals surface area contributed by atoms with E-state index >= 15 is 0 Å². The second-order valence-electron chi connectivity index (χ2n) is 7.86. The number of likely N-dealkylation sites (N-methyl/N-ethyl adjacent to an activating group) is 1. The number of aromatic nitrogens is 1. The van der Waals surface area contributed by atoms with Crippen LogP contribution < -0.4 is 5.73 Å². The van der Waals surface area contributed by atoms with Crippen molar-refractivity contribution in [2.75, 3.05) is 46.5 Å². The van der Waals surface area contributed by atoms with Gasteiger partial charge < -0.3 is 14.8 Å². The number of fused-ring (bicyclic) bond motifs is 1. The van der Waals surface area contributed by atoms with Gasteiger partial charge in [0, 0.05) is 36.8 Å². The zero-order chi connectivity index (χ0) is 16.4. The van der Waals surface area contributed by atoms with Gasteiger partial charge in [-0.05, 0) is 37.6 Å². The van der Waals surface area contributed by atoms with Gasteiger partial charge in [0.1, 0.15) is 6.04 Å². The molecule has 0 spiro atoms. The molecule has 4 heteroatoms. The van der Waals surface area contributed by atoms with E-state index in [2.05, 4.69) is 48.9 Å². The topological polar surface area (TPSA) is 34.2 Å². The SMILES string of the molecule is C[N+](C)(C)C1CCCN(CCCn2ccc3c(N)cccc32)C1. The lowest BCUT2D eigenvalue weighted by molar-refractivity contribution is -0.896. The summed E-state index contributed by atoms with van der Waals surface area (Å²) < 4.78 is 3.42. The van der Waals surface area contributed by atoms with Crippen molar-refractivity contribution in [3.8, 4) is 0 Å². The van der Waals surface area contributed by atoms with Crippen LogP contribution in [0.1, 0.15) is 19.3 Å². The van der Waals surface area contributed by atoms with E-state index in [9.17, 15) is 0 Å². The molecule has 2 N–H and O–H groups in total. The number of anilines is 1. The molecular formula is C19H31N4+. The van der Waals surface area contributed by atoms with Gasteiger partial charge in [0.2, 0.25) is 0 Å². The molecule has 1 fully saturated rings. The van der Waals surface area contributed by atoms with Gasteiger partial charge in [-0.15, -0.1) is 0 Å². The maximum absolute atomic E-state index is 6.05. The lowest BCUT2D eigenvalue weighted by atomic mass is 10.0. The highest BCUT2D eigenvalue weighted by atomic mass is 15.3. The van der Waals surface area contributed by atoms with Crippen LogP contribution in [-0.4, -0.2) is 60.8 Å². The van der Waals surface area contributed by atoms with Crippen molar-refractivity contribution in [3.05, 3.63) is 30.5 Å². The molecule has 0 amide bonds. The number of piperidine rings is 1. The van der Waals surface area contributed by atoms with Gasteiger partial charge in [-0.3, -0.25) is 4.90 Å². The first-order valence-electron chi connectivity index (χ1n) is 8.82. The van der Waals surface area contributed by atoms with Gasteiger partial charge >= 0.3 is 0 Å². The summed E-state index contributed by atoms with van der Waals surface area (Å²) >= 11 is 0. The first-order chi connectivity index (χ1) is 10.9. The number of hydrogen-bond acceptors (Lipinski definition) is 2. The van der Waals surface area contributed by atoms with Gasteiger partial charge in [-0.25, -0.2) is 0 Å². The fourth-order valence-electron chi connectivity index (χ4n) is 3.77. The Labute approximate surface area is 140 Å². The summed E-state index contributed by atoms with van der Waals surface area (Å²) in [7, 11) is 6.97. The maximum atomic E-state index is 6.05. The van der Waals surface area contributed by atoms with E-state index in [1.165, 1.54) is 49.8 Å². The fraction of sp³-hybridized carbons (Fsp3) is 0.579. The van der Waals surface area contributed by atoms with Crippen LogP contribution in [-0.2, 0) is 6.54 Å². The Hall–Kier alpha value is -1.52. The fourth-order valence-corrected chi connectivity index (χ4v) is 3.77. The molecule has 4 nitrogen and oxygen atoms in total. The minimum atomic E-state index is 0.774. The minimum Gasteiger partial charge on any atom is -0.398 e. The zero-order valence-corrected chi connectivity index (χ0v) is 14.8. The van der Waals surface area contributed by atoms with Crippen molar-refractivity contribution < 1.29 is 4.48 Å². The Morgan fingerprint density at radius 2 is 2.00 bits per heavy atom. The number of quaternary nitrogens is 1. The Balaban J connectivity index is 1.56. The number of nitrogens with zero attached hydrogens (tertiary/aromatic N) is 3. The first-order valence-corrected chi connectivity index (χ1v) is 8.82. The van der Waals surface area contributed by atoms with Crippen LogP contribution in [0, 0.1) is 0 Å². The lowest BCUT2D eigenvalue weighted by Gasteiger charge is -2.41. The third kappa shape index (κ3) is 3.70. The third-order valence-electron chi connectivity index (χ3n) is 5.30. The summed E-state index contributed by atoms with van der Waals surface area (Å²) in [6.45, 7) is 4.76. The number of hydrogen-bond donors (Lipinski definition) is 1. The molecule has 1 aliphatic heterocycles. The van der Waals surface area contributed by atoms with E-state index in [1.807, 2.05) is 12.1 Å². The molecule has 1 unspecified atom stereocenters. The number of rotatable bonds is 5. The molecule has 1 aromatic heterocycles. The maximum Gasteiger partial charge on any atom is 0.101 e. The molecule has 1 atom stereocenters. The molecule has 0 saturated carbocycles. The van der Waals surface area contributed by atoms with Crippen molar-refractivity contribution in [3.63, 3.8) is 0 Å². The number of nitrogen functional groups attached to an aromatic ring is 1. The highest BCUT2D eigenvalue weighted by molar-refractivity contribution is 5.91. The average molecular weight is 315 g/mol. The van der Waals surface area contributed by atoms with E-state index < -0.39 is 0 Å². The van der Waals surface area contributed by atoms with Crippen LogP contribution in [0.4, 0.5) is 5.69 Å². The summed E-state index contributed by atoms with van der Waals surface area (Å²) in [6.07, 6.45) is 6.07. The van der Waals surface area contributed by atoms with E-state index in [0.29, 0.717) is 0 Å². The second kappa shape index (κ2) is 6.54. The molecule has 1 aliphatic rings. The summed E-state index contributed by atoms with van der Waals surface area (Å²) in [5.41, 5.74) is 8.18. The van der Waals surface area contributed by atoms with Crippen LogP contribution >= 0.6 is 0 Å². The predicted octanol–water partition coefficient (Wildman–Crippen LogP) is 2.78. The van der Waals surface area contributed by atoms with Crippen molar-refractivity contribution in [1.29, 1.82) is 0 Å². The predicted molar refractivity (Wildman–Crippen MR) is 98.5 cm³/mol. The Morgan fingerprint density at radius 1 is 1.17 bits per heavy atom. The van der Waals surface area contributed by atoms with Crippen LogP contribution in [0.3, 0.4) is 0 Å². The average Bonchev–Trinajstić information content (AvgIpc) is 2.92. The highest BCUT2D eigenvalue weighted by Gasteiger charge is 2.29. The van der Waals surface area contributed by atoms with Gasteiger partial charge in [0.05, 0.1) is 33.2 Å². The summed E-state index contributed by atoms with van der Waals surface area (Å²) in [5, 5.41) is 1.18. The van der Waals surface area contributed by atoms with Crippen LogP contribution in [0.2, 0.25) is 0 Å². The van der Waals surface area contributed by atoms with Gasteiger partial charge in [-0.1, -0.05) is 6.07 Å². The first kappa shape index (κ1) is 16.3. The third-order valence-corrected chi connectivity index (χ3v) is 5.30. The van der Waals surface area contributed by atoms with E-state index in [0.717, 1.165) is 22.8 Å². The molecule has 2 aromatic rings. The van der Waals surface area contributed by atoms with Crippen LogP contribution in [0.25, 0.3) is 10.9 Å². The quantitative estimate of drug-likeness (QED) is 0.680. The van der Waals surface area contributed by atoms with E-state index in [1.54, 1.807) is 0 Å². The molecule has 1 aromatic carbocycles. The molecule has 1 saturated heterocycles. The molecule has 0 bridgehead atoms. The van der Waals surface area contributed by atoms with Gasteiger partial charge in [0.15, 0.2) is 0 Å². The second-order valence-corrected chi connectivity index (χ2v) is 7.86. The largest absolute Gasteiger partial charge is 0.398 e. The number of aryl methyl sites for hydroxylation is 1. The molecule has 3 rings (SSSR count). The van der Waals surface area contributed by atoms with Gasteiger partial charge in [0.25, 0.3) is 0 Å². The molecule has 0 radical (unpaired) electrons. The van der Waals surface area contributed by atoms with Crippen molar-refractivity contribution in [2.24, 2.45) is 0 Å².